The van der Waals surface area contributed by atoms with E-state index in [1.165, 1.54) is 44.5 Å². The molecule has 0 radical (unpaired) electrons. The van der Waals surface area contributed by atoms with Gasteiger partial charge in [0, 0.05) is 32.2 Å². The van der Waals surface area contributed by atoms with Gasteiger partial charge in [0.15, 0.2) is 17.5 Å². The van der Waals surface area contributed by atoms with Crippen LogP contribution in [0.2, 0.25) is 0 Å². The number of hydrogen-bond acceptors (Lipinski definition) is 4. The largest absolute Gasteiger partial charge is 0.454 e. The lowest BCUT2D eigenvalue weighted by atomic mass is 10.1. The number of benzene rings is 1. The van der Waals surface area contributed by atoms with Crippen molar-refractivity contribution in [2.24, 2.45) is 4.99 Å². The second-order valence-electron chi connectivity index (χ2n) is 6.96. The number of nitrogens with one attached hydrogen (secondary N) is 2. The molecule has 2 N–H and O–H groups in total. The van der Waals surface area contributed by atoms with Crippen LogP contribution < -0.4 is 20.1 Å². The van der Waals surface area contributed by atoms with Gasteiger partial charge in [0.25, 0.3) is 0 Å². The number of guanidine groups is 1. The number of fused-ring (bicyclic) bond motifs is 1. The molecule has 0 amide bonds. The maximum Gasteiger partial charge on any atom is 0.231 e. The molecule has 0 atom stereocenters. The van der Waals surface area contributed by atoms with Crippen LogP contribution in [0.25, 0.3) is 0 Å². The minimum absolute atomic E-state index is 0. The summed E-state index contributed by atoms with van der Waals surface area (Å²) in [5.41, 5.74) is 1.22. The fourth-order valence-electron chi connectivity index (χ4n) is 3.52. The van der Waals surface area contributed by atoms with Crippen molar-refractivity contribution < 1.29 is 9.47 Å². The van der Waals surface area contributed by atoms with Crippen molar-refractivity contribution in [1.82, 2.24) is 15.5 Å². The molecule has 0 spiro atoms. The van der Waals surface area contributed by atoms with Crippen molar-refractivity contribution in [2.45, 2.75) is 45.6 Å². The predicted octanol–water partition coefficient (Wildman–Crippen LogP) is 3.01. The van der Waals surface area contributed by atoms with Crippen LogP contribution in [0.3, 0.4) is 0 Å². The second kappa shape index (κ2) is 11.6. The van der Waals surface area contributed by atoms with Gasteiger partial charge in [-0.15, -0.1) is 24.0 Å². The lowest BCUT2D eigenvalue weighted by Crippen LogP contribution is -2.48. The van der Waals surface area contributed by atoms with Gasteiger partial charge < -0.3 is 25.0 Å². The Morgan fingerprint density at radius 2 is 1.96 bits per heavy atom. The molecule has 6 nitrogen and oxygen atoms in total. The first-order chi connectivity index (χ1) is 12.8. The van der Waals surface area contributed by atoms with Crippen molar-refractivity contribution in [3.8, 4) is 11.5 Å². The van der Waals surface area contributed by atoms with Crippen LogP contribution in [0.1, 0.15) is 38.7 Å². The zero-order chi connectivity index (χ0) is 18.2. The number of aliphatic imine (C=N–C) groups is 1. The van der Waals surface area contributed by atoms with E-state index in [0.717, 1.165) is 37.0 Å². The fourth-order valence-corrected chi connectivity index (χ4v) is 3.52. The standard InChI is InChI=1S/C20H32N4O2.HI/c1-3-11-24-12-8-17(9-13-24)23-20(21-4-2)22-10-7-16-5-6-18-19(14-16)26-15-25-18;/h5-6,14,17H,3-4,7-13,15H2,1-2H3,(H2,21,22,23);1H. The third-order valence-corrected chi connectivity index (χ3v) is 4.92. The minimum Gasteiger partial charge on any atom is -0.454 e. The molecule has 0 bridgehead atoms. The summed E-state index contributed by atoms with van der Waals surface area (Å²) in [5.74, 6) is 2.61. The molecule has 1 saturated heterocycles. The molecule has 2 aliphatic heterocycles. The highest BCUT2D eigenvalue weighted by molar-refractivity contribution is 14.0. The van der Waals surface area contributed by atoms with Crippen molar-refractivity contribution in [1.29, 1.82) is 0 Å². The highest BCUT2D eigenvalue weighted by Crippen LogP contribution is 2.32. The van der Waals surface area contributed by atoms with Gasteiger partial charge in [-0.1, -0.05) is 13.0 Å². The summed E-state index contributed by atoms with van der Waals surface area (Å²) in [4.78, 5) is 7.32. The highest BCUT2D eigenvalue weighted by atomic mass is 127. The van der Waals surface area contributed by atoms with Crippen molar-refractivity contribution >= 4 is 29.9 Å². The molecule has 1 aromatic carbocycles. The number of halogens is 1. The first kappa shape index (κ1) is 22.1. The summed E-state index contributed by atoms with van der Waals surface area (Å²) in [5, 5.41) is 6.99. The van der Waals surface area contributed by atoms with Gasteiger partial charge in [-0.05, 0) is 56.8 Å². The summed E-state index contributed by atoms with van der Waals surface area (Å²) in [6.45, 7) is 9.90. The zero-order valence-electron chi connectivity index (χ0n) is 16.5. The summed E-state index contributed by atoms with van der Waals surface area (Å²) >= 11 is 0. The molecule has 1 aromatic rings. The van der Waals surface area contributed by atoms with Crippen LogP contribution in [0.5, 0.6) is 11.5 Å². The number of likely N-dealkylation sites (tertiary alicyclic amines) is 1. The van der Waals surface area contributed by atoms with E-state index in [2.05, 4.69) is 41.5 Å². The van der Waals surface area contributed by atoms with Gasteiger partial charge in [0.2, 0.25) is 6.79 Å². The fraction of sp³-hybridized carbons (Fsp3) is 0.650. The summed E-state index contributed by atoms with van der Waals surface area (Å²) in [6.07, 6.45) is 4.50. The summed E-state index contributed by atoms with van der Waals surface area (Å²) < 4.78 is 10.8. The smallest absolute Gasteiger partial charge is 0.231 e. The van der Waals surface area contributed by atoms with Gasteiger partial charge in [-0.3, -0.25) is 4.99 Å². The molecule has 3 rings (SSSR count). The molecule has 27 heavy (non-hydrogen) atoms. The first-order valence-corrected chi connectivity index (χ1v) is 9.94. The topological polar surface area (TPSA) is 58.1 Å². The van der Waals surface area contributed by atoms with E-state index in [0.29, 0.717) is 12.8 Å². The monoisotopic (exact) mass is 488 g/mol. The van der Waals surface area contributed by atoms with Crippen LogP contribution in [0.15, 0.2) is 23.2 Å². The normalized spacial score (nSPS) is 17.5. The van der Waals surface area contributed by atoms with Crippen molar-refractivity contribution in [3.63, 3.8) is 0 Å². The van der Waals surface area contributed by atoms with E-state index in [4.69, 9.17) is 14.5 Å². The summed E-state index contributed by atoms with van der Waals surface area (Å²) in [7, 11) is 0. The van der Waals surface area contributed by atoms with E-state index in [9.17, 15) is 0 Å². The number of nitrogens with zero attached hydrogens (tertiary/aromatic N) is 2. The lowest BCUT2D eigenvalue weighted by molar-refractivity contribution is 0.174. The Hall–Kier alpha value is -1.22. The SMILES string of the molecule is CCCN1CCC(NC(=NCCc2ccc3c(c2)OCO3)NCC)CC1.I. The molecular weight excluding hydrogens is 455 g/mol. The Morgan fingerprint density at radius 3 is 2.70 bits per heavy atom. The van der Waals surface area contributed by atoms with Crippen LogP contribution >= 0.6 is 24.0 Å². The lowest BCUT2D eigenvalue weighted by Gasteiger charge is -2.32. The van der Waals surface area contributed by atoms with E-state index >= 15 is 0 Å². The third kappa shape index (κ3) is 6.71. The maximum absolute atomic E-state index is 5.44. The quantitative estimate of drug-likeness (QED) is 0.351. The second-order valence-corrected chi connectivity index (χ2v) is 6.96. The highest BCUT2D eigenvalue weighted by Gasteiger charge is 2.19. The number of ether oxygens (including phenoxy) is 2. The molecule has 1 fully saturated rings. The Bertz CT molecular complexity index is 604. The van der Waals surface area contributed by atoms with Gasteiger partial charge >= 0.3 is 0 Å². The van der Waals surface area contributed by atoms with Crippen LogP contribution in [-0.2, 0) is 6.42 Å². The Labute approximate surface area is 180 Å². The zero-order valence-corrected chi connectivity index (χ0v) is 18.8. The molecular formula is C20H33IN4O2. The van der Waals surface area contributed by atoms with Crippen LogP contribution in [0, 0.1) is 0 Å². The van der Waals surface area contributed by atoms with Crippen LogP contribution in [0.4, 0.5) is 0 Å². The van der Waals surface area contributed by atoms with Crippen LogP contribution in [-0.4, -0.2) is 56.4 Å². The first-order valence-electron chi connectivity index (χ1n) is 9.94. The van der Waals surface area contributed by atoms with Crippen molar-refractivity contribution in [3.05, 3.63) is 23.8 Å². The predicted molar refractivity (Wildman–Crippen MR) is 121 cm³/mol. The van der Waals surface area contributed by atoms with Gasteiger partial charge in [-0.2, -0.15) is 0 Å². The van der Waals surface area contributed by atoms with E-state index in [-0.39, 0.29) is 24.0 Å². The third-order valence-electron chi connectivity index (χ3n) is 4.92. The Balaban J connectivity index is 0.00000261. The minimum atomic E-state index is 0. The molecule has 0 unspecified atom stereocenters. The van der Waals surface area contributed by atoms with Gasteiger partial charge in [-0.25, -0.2) is 0 Å². The van der Waals surface area contributed by atoms with Gasteiger partial charge in [0.1, 0.15) is 0 Å². The molecule has 2 aliphatic rings. The average Bonchev–Trinajstić information content (AvgIpc) is 3.11. The van der Waals surface area contributed by atoms with E-state index in [1.807, 2.05) is 6.07 Å². The van der Waals surface area contributed by atoms with Crippen molar-refractivity contribution in [2.75, 3.05) is 39.5 Å². The van der Waals surface area contributed by atoms with Gasteiger partial charge in [0.05, 0.1) is 0 Å². The molecule has 0 saturated carbocycles. The summed E-state index contributed by atoms with van der Waals surface area (Å²) in [6, 6.07) is 6.65. The molecule has 152 valence electrons. The van der Waals surface area contributed by atoms with E-state index in [1.54, 1.807) is 0 Å². The Morgan fingerprint density at radius 1 is 1.19 bits per heavy atom. The number of piperidine rings is 1. The van der Waals surface area contributed by atoms with E-state index < -0.39 is 0 Å². The molecule has 2 heterocycles. The average molecular weight is 488 g/mol. The number of hydrogen-bond donors (Lipinski definition) is 2. The Kier molecular flexibility index (Phi) is 9.47. The number of rotatable bonds is 7. The molecule has 7 heteroatoms. The molecule has 0 aromatic heterocycles. The molecule has 0 aliphatic carbocycles. The maximum atomic E-state index is 5.44.